The molecule has 0 aliphatic rings. The minimum absolute atomic E-state index is 0.102. The van der Waals surface area contributed by atoms with E-state index in [2.05, 4.69) is 5.32 Å². The van der Waals surface area contributed by atoms with Gasteiger partial charge in [-0.2, -0.15) is 0 Å². The van der Waals surface area contributed by atoms with Crippen LogP contribution in [0.2, 0.25) is 5.22 Å². The summed E-state index contributed by atoms with van der Waals surface area (Å²) in [7, 11) is 0. The van der Waals surface area contributed by atoms with Crippen LogP contribution in [-0.4, -0.2) is 12.5 Å². The van der Waals surface area contributed by atoms with Gasteiger partial charge in [-0.05, 0) is 35.7 Å². The lowest BCUT2D eigenvalue weighted by Crippen LogP contribution is -2.23. The molecule has 1 aromatic heterocycles. The Bertz CT molecular complexity index is 580. The molecule has 1 heterocycles. The van der Waals surface area contributed by atoms with E-state index >= 15 is 0 Å². The van der Waals surface area contributed by atoms with Gasteiger partial charge in [-0.3, -0.25) is 4.79 Å². The van der Waals surface area contributed by atoms with Gasteiger partial charge in [0, 0.05) is 13.2 Å². The minimum Gasteiger partial charge on any atom is -0.452 e. The van der Waals surface area contributed by atoms with Gasteiger partial charge in [-0.25, -0.2) is 0 Å². The monoisotopic (exact) mass is 293 g/mol. The third kappa shape index (κ3) is 3.62. The van der Waals surface area contributed by atoms with E-state index in [0.29, 0.717) is 25.3 Å². The number of furan rings is 1. The first kappa shape index (κ1) is 14.6. The largest absolute Gasteiger partial charge is 0.452 e. The summed E-state index contributed by atoms with van der Waals surface area (Å²) in [6.45, 7) is 3.56. The van der Waals surface area contributed by atoms with Gasteiger partial charge in [0.1, 0.15) is 0 Å². The van der Waals surface area contributed by atoms with Gasteiger partial charge in [-0.15, -0.1) is 0 Å². The summed E-state index contributed by atoms with van der Waals surface area (Å²) < 4.78 is 10.3. The fourth-order valence-corrected chi connectivity index (χ4v) is 2.01. The molecule has 0 aliphatic carbocycles. The molecule has 0 fully saturated rings. The third-order valence-electron chi connectivity index (χ3n) is 2.88. The summed E-state index contributed by atoms with van der Waals surface area (Å²) in [5.74, 6) is -0.255. The number of hydrogen-bond acceptors (Lipinski definition) is 3. The van der Waals surface area contributed by atoms with E-state index in [-0.39, 0.29) is 11.1 Å². The predicted molar refractivity (Wildman–Crippen MR) is 76.7 cm³/mol. The molecule has 2 aromatic rings. The summed E-state index contributed by atoms with van der Waals surface area (Å²) in [6.07, 6.45) is 1.39. The van der Waals surface area contributed by atoms with Crippen molar-refractivity contribution in [1.29, 1.82) is 0 Å². The van der Waals surface area contributed by atoms with Crippen LogP contribution in [0, 0.1) is 0 Å². The molecule has 20 heavy (non-hydrogen) atoms. The van der Waals surface area contributed by atoms with Crippen molar-refractivity contribution in [3.05, 3.63) is 58.5 Å². The second-order valence-electron chi connectivity index (χ2n) is 4.20. The lowest BCUT2D eigenvalue weighted by molar-refractivity contribution is 0.0949. The van der Waals surface area contributed by atoms with Gasteiger partial charge in [-0.1, -0.05) is 24.3 Å². The summed E-state index contributed by atoms with van der Waals surface area (Å²) >= 11 is 5.77. The third-order valence-corrected chi connectivity index (χ3v) is 3.17. The van der Waals surface area contributed by atoms with E-state index in [0.717, 1.165) is 11.1 Å². The number of nitrogens with one attached hydrogen (secondary N) is 1. The number of amides is 1. The Balaban J connectivity index is 2.00. The van der Waals surface area contributed by atoms with Crippen molar-refractivity contribution < 1.29 is 13.9 Å². The Morgan fingerprint density at radius 2 is 2.05 bits per heavy atom. The molecule has 1 N–H and O–H groups in total. The number of carbonyl (C=O) groups excluding carboxylic acids is 1. The maximum atomic E-state index is 11.9. The number of ether oxygens (including phenoxy) is 1. The zero-order chi connectivity index (χ0) is 14.4. The van der Waals surface area contributed by atoms with E-state index in [9.17, 15) is 4.79 Å². The van der Waals surface area contributed by atoms with Crippen LogP contribution in [0.1, 0.15) is 28.4 Å². The Kier molecular flexibility index (Phi) is 5.21. The Labute approximate surface area is 122 Å². The zero-order valence-electron chi connectivity index (χ0n) is 11.2. The molecular weight excluding hydrogens is 278 g/mol. The van der Waals surface area contributed by atoms with Crippen LogP contribution in [0.5, 0.6) is 0 Å². The first-order valence-electron chi connectivity index (χ1n) is 6.38. The molecule has 1 amide bonds. The average molecular weight is 294 g/mol. The topological polar surface area (TPSA) is 51.5 Å². The molecule has 2 rings (SSSR count). The van der Waals surface area contributed by atoms with E-state index < -0.39 is 0 Å². The van der Waals surface area contributed by atoms with Crippen LogP contribution < -0.4 is 5.32 Å². The van der Waals surface area contributed by atoms with Crippen LogP contribution in [0.4, 0.5) is 0 Å². The van der Waals surface area contributed by atoms with Crippen molar-refractivity contribution in [2.75, 3.05) is 6.61 Å². The molecule has 0 unspecified atom stereocenters. The molecule has 0 atom stereocenters. The van der Waals surface area contributed by atoms with Crippen molar-refractivity contribution in [1.82, 2.24) is 5.32 Å². The predicted octanol–water partition coefficient (Wildman–Crippen LogP) is 3.40. The highest BCUT2D eigenvalue weighted by molar-refractivity contribution is 6.32. The molecule has 0 radical (unpaired) electrons. The number of halogens is 1. The molecule has 0 saturated heterocycles. The SMILES string of the molecule is CCOCc1ccccc1CNC(=O)c1ccoc1Cl. The first-order chi connectivity index (χ1) is 9.72. The molecule has 4 nitrogen and oxygen atoms in total. The van der Waals surface area contributed by atoms with Gasteiger partial charge in [0.2, 0.25) is 5.22 Å². The summed E-state index contributed by atoms with van der Waals surface area (Å²) in [5, 5.41) is 2.92. The Morgan fingerprint density at radius 1 is 1.30 bits per heavy atom. The van der Waals surface area contributed by atoms with Crippen molar-refractivity contribution in [2.45, 2.75) is 20.1 Å². The highest BCUT2D eigenvalue weighted by Gasteiger charge is 2.13. The average Bonchev–Trinajstić information content (AvgIpc) is 2.89. The maximum absolute atomic E-state index is 11.9. The number of benzene rings is 1. The van der Waals surface area contributed by atoms with E-state index in [1.54, 1.807) is 6.07 Å². The van der Waals surface area contributed by atoms with Gasteiger partial charge in [0.15, 0.2) is 0 Å². The van der Waals surface area contributed by atoms with Crippen molar-refractivity contribution >= 4 is 17.5 Å². The standard InChI is InChI=1S/C15H16ClNO3/c1-2-19-10-12-6-4-3-5-11(12)9-17-15(18)13-7-8-20-14(13)16/h3-8H,2,9-10H2,1H3,(H,17,18). The quantitative estimate of drug-likeness (QED) is 0.888. The molecule has 0 bridgehead atoms. The normalized spacial score (nSPS) is 10.5. The second-order valence-corrected chi connectivity index (χ2v) is 4.54. The summed E-state index contributed by atoms with van der Waals surface area (Å²) in [5.41, 5.74) is 2.43. The number of hydrogen-bond donors (Lipinski definition) is 1. The highest BCUT2D eigenvalue weighted by Crippen LogP contribution is 2.17. The minimum atomic E-state index is -0.255. The smallest absolute Gasteiger partial charge is 0.256 e. The highest BCUT2D eigenvalue weighted by atomic mass is 35.5. The van der Waals surface area contributed by atoms with Crippen LogP contribution in [-0.2, 0) is 17.9 Å². The van der Waals surface area contributed by atoms with Crippen molar-refractivity contribution in [3.8, 4) is 0 Å². The van der Waals surface area contributed by atoms with E-state index in [4.69, 9.17) is 20.8 Å². The van der Waals surface area contributed by atoms with Gasteiger partial charge in [0.05, 0.1) is 18.4 Å². The fraction of sp³-hybridized carbons (Fsp3) is 0.267. The van der Waals surface area contributed by atoms with Crippen LogP contribution in [0.25, 0.3) is 0 Å². The molecule has 0 spiro atoms. The maximum Gasteiger partial charge on any atom is 0.256 e. The van der Waals surface area contributed by atoms with Crippen molar-refractivity contribution in [2.24, 2.45) is 0 Å². The number of rotatable bonds is 6. The molecule has 0 aliphatic heterocycles. The van der Waals surface area contributed by atoms with Gasteiger partial charge < -0.3 is 14.5 Å². The Morgan fingerprint density at radius 3 is 2.70 bits per heavy atom. The van der Waals surface area contributed by atoms with Gasteiger partial charge >= 0.3 is 0 Å². The van der Waals surface area contributed by atoms with Crippen LogP contribution in [0.3, 0.4) is 0 Å². The lowest BCUT2D eigenvalue weighted by atomic mass is 10.1. The molecule has 5 heteroatoms. The van der Waals surface area contributed by atoms with Gasteiger partial charge in [0.25, 0.3) is 5.91 Å². The second kappa shape index (κ2) is 7.12. The van der Waals surface area contributed by atoms with E-state index in [1.165, 1.54) is 6.26 Å². The van der Waals surface area contributed by atoms with Crippen molar-refractivity contribution in [3.63, 3.8) is 0 Å². The lowest BCUT2D eigenvalue weighted by Gasteiger charge is -2.10. The number of carbonyl (C=O) groups is 1. The van der Waals surface area contributed by atoms with Crippen LogP contribution in [0.15, 0.2) is 41.0 Å². The summed E-state index contributed by atoms with van der Waals surface area (Å²) in [6, 6.07) is 9.38. The fourth-order valence-electron chi connectivity index (χ4n) is 1.81. The molecular formula is C15H16ClNO3. The molecule has 1 aromatic carbocycles. The molecule has 0 saturated carbocycles. The summed E-state index contributed by atoms with van der Waals surface area (Å²) in [4.78, 5) is 11.9. The Hall–Kier alpha value is -1.78. The first-order valence-corrected chi connectivity index (χ1v) is 6.76. The molecule has 106 valence electrons. The zero-order valence-corrected chi connectivity index (χ0v) is 11.9. The van der Waals surface area contributed by atoms with E-state index in [1.807, 2.05) is 31.2 Å². The van der Waals surface area contributed by atoms with Crippen LogP contribution >= 0.6 is 11.6 Å².